The van der Waals surface area contributed by atoms with Crippen molar-refractivity contribution in [3.8, 4) is 0 Å². The molecule has 3 unspecified atom stereocenters. The fourth-order valence-electron chi connectivity index (χ4n) is 4.29. The summed E-state index contributed by atoms with van der Waals surface area (Å²) in [6.07, 6.45) is 5.65. The molecule has 0 spiro atoms. The molecule has 1 aromatic rings. The van der Waals surface area contributed by atoms with E-state index in [9.17, 15) is 0 Å². The summed E-state index contributed by atoms with van der Waals surface area (Å²) in [5, 5.41) is 12.2. The van der Waals surface area contributed by atoms with E-state index >= 15 is 0 Å². The van der Waals surface area contributed by atoms with Crippen LogP contribution in [0.15, 0.2) is 23.4 Å². The van der Waals surface area contributed by atoms with Crippen LogP contribution in [0.5, 0.6) is 0 Å². The van der Waals surface area contributed by atoms with Gasteiger partial charge in [0.2, 0.25) is 0 Å². The summed E-state index contributed by atoms with van der Waals surface area (Å²) in [6, 6.07) is 6.15. The lowest BCUT2D eigenvalue weighted by molar-refractivity contribution is 0.318. The highest BCUT2D eigenvalue weighted by atomic mass is 16.4. The van der Waals surface area contributed by atoms with E-state index in [1.54, 1.807) is 0 Å². The second-order valence-electron chi connectivity index (χ2n) is 6.82. The molecule has 2 aliphatic carbocycles. The molecule has 0 amide bonds. The Hall–Kier alpha value is -1.71. The Kier molecular flexibility index (Phi) is 3.79. The summed E-state index contributed by atoms with van der Waals surface area (Å²) in [7, 11) is 2.12. The van der Waals surface area contributed by atoms with Crippen LogP contribution in [0.25, 0.3) is 0 Å². The molecule has 4 heteroatoms. The molecule has 3 N–H and O–H groups in total. The lowest BCUT2D eigenvalue weighted by atomic mass is 9.88. The minimum atomic E-state index is 0.188. The average molecular weight is 287 g/mol. The molecule has 0 aromatic heterocycles. The number of nitrogens with zero attached hydrogens (tertiary/aromatic N) is 2. The van der Waals surface area contributed by atoms with Gasteiger partial charge in [0.1, 0.15) is 0 Å². The molecule has 0 heterocycles. The Labute approximate surface area is 126 Å². The van der Waals surface area contributed by atoms with Gasteiger partial charge in [0.05, 0.1) is 0 Å². The quantitative estimate of drug-likeness (QED) is 0.387. The van der Waals surface area contributed by atoms with Crippen LogP contribution < -0.4 is 10.6 Å². The van der Waals surface area contributed by atoms with Gasteiger partial charge in [0.15, 0.2) is 5.84 Å². The van der Waals surface area contributed by atoms with Gasteiger partial charge in [0.25, 0.3) is 0 Å². The van der Waals surface area contributed by atoms with Crippen LogP contribution >= 0.6 is 0 Å². The maximum Gasteiger partial charge on any atom is 0.172 e. The van der Waals surface area contributed by atoms with E-state index in [-0.39, 0.29) is 5.84 Å². The predicted octanol–water partition coefficient (Wildman–Crippen LogP) is 2.96. The first-order valence-corrected chi connectivity index (χ1v) is 7.88. The van der Waals surface area contributed by atoms with E-state index < -0.39 is 0 Å². The fraction of sp³-hybridized carbons (Fsp3) is 0.588. The van der Waals surface area contributed by atoms with Crippen molar-refractivity contribution in [1.29, 1.82) is 0 Å². The fourth-order valence-corrected chi connectivity index (χ4v) is 4.29. The molecule has 2 bridgehead atoms. The lowest BCUT2D eigenvalue weighted by Crippen LogP contribution is -2.30. The number of hydrogen-bond acceptors (Lipinski definition) is 3. The van der Waals surface area contributed by atoms with Crippen LogP contribution in [0.1, 0.15) is 36.8 Å². The maximum atomic E-state index is 9.00. The Balaban J connectivity index is 1.79. The minimum absolute atomic E-state index is 0.188. The van der Waals surface area contributed by atoms with Crippen molar-refractivity contribution in [2.75, 3.05) is 18.5 Å². The number of amidine groups is 1. The summed E-state index contributed by atoms with van der Waals surface area (Å²) in [6.45, 7) is 3.09. The molecule has 21 heavy (non-hydrogen) atoms. The SMILES string of the molecule is Cc1ccc(N(C)CC2CC3CCC2C3)c(/C(N)=N/O)c1. The second kappa shape index (κ2) is 5.58. The number of fused-ring (bicyclic) bond motifs is 2. The Bertz CT molecular complexity index is 555. The Morgan fingerprint density at radius 1 is 1.38 bits per heavy atom. The average Bonchev–Trinajstić information content (AvgIpc) is 3.08. The monoisotopic (exact) mass is 287 g/mol. The van der Waals surface area contributed by atoms with Crippen LogP contribution in [0.3, 0.4) is 0 Å². The zero-order valence-corrected chi connectivity index (χ0v) is 12.9. The highest BCUT2D eigenvalue weighted by molar-refractivity contribution is 6.02. The van der Waals surface area contributed by atoms with Crippen LogP contribution in [0.4, 0.5) is 5.69 Å². The van der Waals surface area contributed by atoms with Gasteiger partial charge >= 0.3 is 0 Å². The third-order valence-corrected chi connectivity index (χ3v) is 5.34. The van der Waals surface area contributed by atoms with E-state index in [4.69, 9.17) is 10.9 Å². The first kappa shape index (κ1) is 14.2. The van der Waals surface area contributed by atoms with Gasteiger partial charge in [-0.05, 0) is 56.1 Å². The molecule has 3 rings (SSSR count). The van der Waals surface area contributed by atoms with Crippen LogP contribution in [-0.2, 0) is 0 Å². The third-order valence-electron chi connectivity index (χ3n) is 5.34. The Morgan fingerprint density at radius 3 is 2.81 bits per heavy atom. The highest BCUT2D eigenvalue weighted by Gasteiger charge is 2.39. The Morgan fingerprint density at radius 2 is 2.19 bits per heavy atom. The van der Waals surface area contributed by atoms with Gasteiger partial charge < -0.3 is 15.8 Å². The van der Waals surface area contributed by atoms with Crippen LogP contribution in [0.2, 0.25) is 0 Å². The van der Waals surface area contributed by atoms with Gasteiger partial charge in [0, 0.05) is 24.8 Å². The predicted molar refractivity (Wildman–Crippen MR) is 85.9 cm³/mol. The van der Waals surface area contributed by atoms with E-state index in [0.717, 1.165) is 41.1 Å². The number of hydrogen-bond donors (Lipinski definition) is 2. The van der Waals surface area contributed by atoms with E-state index in [1.807, 2.05) is 13.0 Å². The normalized spacial score (nSPS) is 28.1. The highest BCUT2D eigenvalue weighted by Crippen LogP contribution is 2.48. The van der Waals surface area contributed by atoms with Crippen molar-refractivity contribution < 1.29 is 5.21 Å². The van der Waals surface area contributed by atoms with Crippen molar-refractivity contribution in [3.05, 3.63) is 29.3 Å². The summed E-state index contributed by atoms with van der Waals surface area (Å²) < 4.78 is 0. The van der Waals surface area contributed by atoms with Gasteiger partial charge in [-0.2, -0.15) is 0 Å². The minimum Gasteiger partial charge on any atom is -0.409 e. The zero-order chi connectivity index (χ0) is 15.0. The van der Waals surface area contributed by atoms with E-state index in [0.29, 0.717) is 0 Å². The first-order valence-electron chi connectivity index (χ1n) is 7.88. The number of anilines is 1. The zero-order valence-electron chi connectivity index (χ0n) is 12.9. The summed E-state index contributed by atoms with van der Waals surface area (Å²) in [5.41, 5.74) is 8.84. The molecule has 4 nitrogen and oxygen atoms in total. The summed E-state index contributed by atoms with van der Waals surface area (Å²) in [4.78, 5) is 2.28. The molecule has 1 aromatic carbocycles. The van der Waals surface area contributed by atoms with Gasteiger partial charge in [-0.25, -0.2) is 0 Å². The molecule has 3 atom stereocenters. The van der Waals surface area contributed by atoms with Gasteiger partial charge in [-0.15, -0.1) is 0 Å². The summed E-state index contributed by atoms with van der Waals surface area (Å²) in [5.74, 6) is 2.87. The van der Waals surface area contributed by atoms with E-state index in [2.05, 4.69) is 29.2 Å². The third kappa shape index (κ3) is 2.71. The lowest BCUT2D eigenvalue weighted by Gasteiger charge is -2.29. The van der Waals surface area contributed by atoms with E-state index in [1.165, 1.54) is 25.7 Å². The number of rotatable bonds is 4. The smallest absolute Gasteiger partial charge is 0.172 e. The van der Waals surface area contributed by atoms with Crippen molar-refractivity contribution >= 4 is 11.5 Å². The molecular formula is C17H25N3O. The van der Waals surface area contributed by atoms with Crippen molar-refractivity contribution in [2.45, 2.75) is 32.6 Å². The first-order chi connectivity index (χ1) is 10.1. The number of benzene rings is 1. The number of oxime groups is 1. The topological polar surface area (TPSA) is 61.8 Å². The van der Waals surface area contributed by atoms with Crippen molar-refractivity contribution in [2.24, 2.45) is 28.6 Å². The standard InChI is InChI=1S/C17H25N3O/c1-11-3-6-16(15(7-11)17(18)19-21)20(2)10-14-9-12-4-5-13(14)8-12/h3,6-7,12-14,21H,4-5,8-10H2,1-2H3,(H2,18,19). The molecule has 0 radical (unpaired) electrons. The summed E-state index contributed by atoms with van der Waals surface area (Å²) >= 11 is 0. The molecular weight excluding hydrogens is 262 g/mol. The molecule has 0 aliphatic heterocycles. The van der Waals surface area contributed by atoms with Gasteiger partial charge in [-0.1, -0.05) is 23.2 Å². The maximum absolute atomic E-state index is 9.00. The molecule has 114 valence electrons. The second-order valence-corrected chi connectivity index (χ2v) is 6.82. The largest absolute Gasteiger partial charge is 0.409 e. The van der Waals surface area contributed by atoms with Crippen LogP contribution in [0, 0.1) is 24.7 Å². The molecule has 2 saturated carbocycles. The number of aryl methyl sites for hydroxylation is 1. The van der Waals surface area contributed by atoms with Crippen molar-refractivity contribution in [3.63, 3.8) is 0 Å². The van der Waals surface area contributed by atoms with Crippen molar-refractivity contribution in [1.82, 2.24) is 0 Å². The molecule has 0 saturated heterocycles. The molecule has 2 fully saturated rings. The van der Waals surface area contributed by atoms with Crippen LogP contribution in [-0.4, -0.2) is 24.6 Å². The van der Waals surface area contributed by atoms with Gasteiger partial charge in [-0.3, -0.25) is 0 Å². The number of nitrogens with two attached hydrogens (primary N) is 1. The molecule has 2 aliphatic rings.